The van der Waals surface area contributed by atoms with Crippen molar-refractivity contribution >= 4 is 29.1 Å². The molecule has 0 radical (unpaired) electrons. The second-order valence-electron chi connectivity index (χ2n) is 4.34. The molecule has 4 heteroatoms. The monoisotopic (exact) mass is 253 g/mol. The Balaban J connectivity index is 0.00000121. The van der Waals surface area contributed by atoms with Gasteiger partial charge in [-0.25, -0.2) is 0 Å². The Morgan fingerprint density at radius 2 is 1.94 bits per heavy atom. The zero-order valence-electron chi connectivity index (χ0n) is 11.7. The second-order valence-corrected chi connectivity index (χ2v) is 5.11. The summed E-state index contributed by atoms with van der Waals surface area (Å²) in [5, 5.41) is 0. The number of hydrogen-bond acceptors (Lipinski definition) is 4. The molecular formula is C13H23N3S. The fourth-order valence-electron chi connectivity index (χ4n) is 1.46. The predicted molar refractivity (Wildman–Crippen MR) is 79.9 cm³/mol. The van der Waals surface area contributed by atoms with E-state index in [4.69, 9.17) is 5.73 Å². The molecule has 0 fully saturated rings. The largest absolute Gasteiger partial charge is 0.382 e. The molecule has 0 saturated carbocycles. The third-order valence-electron chi connectivity index (χ3n) is 2.11. The van der Waals surface area contributed by atoms with E-state index in [0.29, 0.717) is 5.82 Å². The lowest BCUT2D eigenvalue weighted by atomic mass is 9.88. The minimum absolute atomic E-state index is 0.00845. The van der Waals surface area contributed by atoms with Gasteiger partial charge in [-0.1, -0.05) is 47.3 Å². The summed E-state index contributed by atoms with van der Waals surface area (Å²) >= 11 is 1.38. The molecule has 0 aromatic carbocycles. The average Bonchev–Trinajstić information content (AvgIpc) is 2.62. The maximum Gasteiger partial charge on any atom is 0.145 e. The molecule has 96 valence electrons. The van der Waals surface area contributed by atoms with Gasteiger partial charge in [0, 0.05) is 18.0 Å². The van der Waals surface area contributed by atoms with Gasteiger partial charge in [0.15, 0.2) is 0 Å². The molecule has 1 rings (SSSR count). The topological polar surface area (TPSA) is 51.3 Å². The number of aromatic nitrogens is 1. The summed E-state index contributed by atoms with van der Waals surface area (Å²) in [6, 6.07) is 0. The Hall–Kier alpha value is -1.16. The molecule has 2 N–H and O–H groups in total. The summed E-state index contributed by atoms with van der Waals surface area (Å²) in [6.45, 7) is 14.1. The summed E-state index contributed by atoms with van der Waals surface area (Å²) < 4.78 is 4.14. The molecule has 1 heterocycles. The van der Waals surface area contributed by atoms with Crippen LogP contribution in [0.25, 0.3) is 6.08 Å². The first kappa shape index (κ1) is 15.8. The number of nitrogens with two attached hydrogens (primary N) is 1. The first-order chi connectivity index (χ1) is 7.91. The van der Waals surface area contributed by atoms with E-state index in [1.54, 1.807) is 13.1 Å². The van der Waals surface area contributed by atoms with Crippen LogP contribution in [0, 0.1) is 5.41 Å². The van der Waals surface area contributed by atoms with Crippen LogP contribution in [0.5, 0.6) is 0 Å². The fraction of sp³-hybridized carbons (Fsp3) is 0.538. The van der Waals surface area contributed by atoms with Gasteiger partial charge in [-0.3, -0.25) is 4.99 Å². The summed E-state index contributed by atoms with van der Waals surface area (Å²) in [7, 11) is 1.80. The zero-order valence-corrected chi connectivity index (χ0v) is 12.5. The molecule has 0 aliphatic rings. The standard InChI is InChI=1S/C11H17N3S.C2H6/c1-6-7-8(15-14-10(7)12)9(13-5)11(2,3)4;1-2/h6H,1H2,2-5H3,(H2,12,14);1-2H3. The van der Waals surface area contributed by atoms with Crippen LogP contribution in [0.4, 0.5) is 5.82 Å². The highest BCUT2D eigenvalue weighted by Gasteiger charge is 2.24. The highest BCUT2D eigenvalue weighted by molar-refractivity contribution is 7.08. The van der Waals surface area contributed by atoms with Gasteiger partial charge in [-0.2, -0.15) is 4.37 Å². The van der Waals surface area contributed by atoms with Crippen molar-refractivity contribution in [3.05, 3.63) is 17.0 Å². The summed E-state index contributed by atoms with van der Waals surface area (Å²) in [6.07, 6.45) is 1.74. The molecule has 1 aromatic heterocycles. The Kier molecular flexibility index (Phi) is 6.10. The predicted octanol–water partition coefficient (Wildman–Crippen LogP) is 3.86. The summed E-state index contributed by atoms with van der Waals surface area (Å²) in [5.74, 6) is 0.537. The van der Waals surface area contributed by atoms with Gasteiger partial charge in [0.2, 0.25) is 0 Å². The van der Waals surface area contributed by atoms with Crippen LogP contribution in [0.1, 0.15) is 45.1 Å². The molecule has 0 bridgehead atoms. The van der Waals surface area contributed by atoms with Crippen LogP contribution < -0.4 is 5.73 Å². The minimum atomic E-state index is -0.00845. The van der Waals surface area contributed by atoms with Crippen LogP contribution in [0.2, 0.25) is 0 Å². The van der Waals surface area contributed by atoms with Gasteiger partial charge in [0.25, 0.3) is 0 Å². The second kappa shape index (κ2) is 6.55. The van der Waals surface area contributed by atoms with E-state index >= 15 is 0 Å². The number of rotatable bonds is 2. The Morgan fingerprint density at radius 1 is 1.41 bits per heavy atom. The lowest BCUT2D eigenvalue weighted by molar-refractivity contribution is 0.592. The van der Waals surface area contributed by atoms with E-state index in [2.05, 4.69) is 36.7 Å². The number of nitrogens with zero attached hydrogens (tertiary/aromatic N) is 2. The van der Waals surface area contributed by atoms with Crippen molar-refractivity contribution in [1.82, 2.24) is 4.37 Å². The maximum absolute atomic E-state index is 5.76. The van der Waals surface area contributed by atoms with Gasteiger partial charge in [0.1, 0.15) is 5.82 Å². The Bertz CT molecular complexity index is 397. The van der Waals surface area contributed by atoms with Crippen molar-refractivity contribution in [2.24, 2.45) is 10.4 Å². The third-order valence-corrected chi connectivity index (χ3v) is 2.99. The maximum atomic E-state index is 5.76. The third kappa shape index (κ3) is 3.66. The SMILES string of the molecule is C=Cc1c(N)nsc1C(=NC)C(C)(C)C.CC. The average molecular weight is 253 g/mol. The van der Waals surface area contributed by atoms with Crippen molar-refractivity contribution in [3.8, 4) is 0 Å². The van der Waals surface area contributed by atoms with Gasteiger partial charge >= 0.3 is 0 Å². The van der Waals surface area contributed by atoms with Gasteiger partial charge in [-0.15, -0.1) is 0 Å². The van der Waals surface area contributed by atoms with Crippen molar-refractivity contribution in [1.29, 1.82) is 0 Å². The van der Waals surface area contributed by atoms with E-state index in [-0.39, 0.29) is 5.41 Å². The van der Waals surface area contributed by atoms with Crippen LogP contribution in [-0.4, -0.2) is 17.1 Å². The molecular weight excluding hydrogens is 230 g/mol. The van der Waals surface area contributed by atoms with Gasteiger partial charge in [0.05, 0.1) is 10.6 Å². The van der Waals surface area contributed by atoms with Crippen molar-refractivity contribution in [3.63, 3.8) is 0 Å². The molecule has 0 saturated heterocycles. The molecule has 1 aromatic rings. The van der Waals surface area contributed by atoms with E-state index < -0.39 is 0 Å². The van der Waals surface area contributed by atoms with Crippen molar-refractivity contribution in [2.45, 2.75) is 34.6 Å². The molecule has 0 spiro atoms. The number of anilines is 1. The zero-order chi connectivity index (χ0) is 13.6. The van der Waals surface area contributed by atoms with E-state index in [1.165, 1.54) is 11.5 Å². The van der Waals surface area contributed by atoms with E-state index in [9.17, 15) is 0 Å². The first-order valence-electron chi connectivity index (χ1n) is 5.77. The number of nitrogen functional groups attached to an aromatic ring is 1. The molecule has 0 amide bonds. The molecule has 0 atom stereocenters. The van der Waals surface area contributed by atoms with Gasteiger partial charge in [-0.05, 0) is 11.5 Å². The fourth-order valence-corrected chi connectivity index (χ4v) is 2.51. The quantitative estimate of drug-likeness (QED) is 0.814. The lowest BCUT2D eigenvalue weighted by Crippen LogP contribution is -2.21. The van der Waals surface area contributed by atoms with Gasteiger partial charge < -0.3 is 5.73 Å². The number of hydrogen-bond donors (Lipinski definition) is 1. The molecule has 0 aliphatic heterocycles. The summed E-state index contributed by atoms with van der Waals surface area (Å²) in [4.78, 5) is 5.36. The first-order valence-corrected chi connectivity index (χ1v) is 6.54. The molecule has 0 aliphatic carbocycles. The highest BCUT2D eigenvalue weighted by atomic mass is 32.1. The van der Waals surface area contributed by atoms with Crippen molar-refractivity contribution in [2.75, 3.05) is 12.8 Å². The Morgan fingerprint density at radius 3 is 2.29 bits per heavy atom. The molecule has 3 nitrogen and oxygen atoms in total. The Labute approximate surface area is 109 Å². The minimum Gasteiger partial charge on any atom is -0.382 e. The van der Waals surface area contributed by atoms with Crippen LogP contribution >= 0.6 is 11.5 Å². The van der Waals surface area contributed by atoms with Crippen LogP contribution in [-0.2, 0) is 0 Å². The summed E-state index contributed by atoms with van der Waals surface area (Å²) in [5.41, 5.74) is 7.67. The van der Waals surface area contributed by atoms with Crippen LogP contribution in [0.15, 0.2) is 11.6 Å². The van der Waals surface area contributed by atoms with E-state index in [1.807, 2.05) is 13.8 Å². The number of aliphatic imine (C=N–C) groups is 1. The highest BCUT2D eigenvalue weighted by Crippen LogP contribution is 2.30. The smallest absolute Gasteiger partial charge is 0.145 e. The van der Waals surface area contributed by atoms with Crippen molar-refractivity contribution < 1.29 is 0 Å². The van der Waals surface area contributed by atoms with Crippen LogP contribution in [0.3, 0.4) is 0 Å². The normalized spacial score (nSPS) is 11.8. The molecule has 17 heavy (non-hydrogen) atoms. The molecule has 0 unspecified atom stereocenters. The lowest BCUT2D eigenvalue weighted by Gasteiger charge is -2.20. The van der Waals surface area contributed by atoms with E-state index in [0.717, 1.165) is 16.2 Å².